The Morgan fingerprint density at radius 3 is 2.76 bits per heavy atom. The van der Waals surface area contributed by atoms with E-state index in [0.29, 0.717) is 11.3 Å². The van der Waals surface area contributed by atoms with E-state index in [1.165, 1.54) is 23.7 Å². The normalized spacial score (nSPS) is 10.2. The molecular weight excluding hydrogens is 232 g/mol. The summed E-state index contributed by atoms with van der Waals surface area (Å²) >= 11 is 1.53. The molecule has 0 bridgehead atoms. The minimum Gasteiger partial charge on any atom is -0.293 e. The van der Waals surface area contributed by atoms with Crippen LogP contribution in [0.3, 0.4) is 0 Å². The maximum Gasteiger partial charge on any atom is 0.176 e. The summed E-state index contributed by atoms with van der Waals surface area (Å²) in [6, 6.07) is 8.11. The number of benzene rings is 1. The number of rotatable bonds is 4. The van der Waals surface area contributed by atoms with Crippen molar-refractivity contribution in [2.24, 2.45) is 0 Å². The molecule has 0 aliphatic rings. The Kier molecular flexibility index (Phi) is 3.88. The number of nitrogens with zero attached hydrogens (tertiary/aromatic N) is 2. The molecule has 4 heteroatoms. The van der Waals surface area contributed by atoms with E-state index in [-0.39, 0.29) is 5.78 Å². The van der Waals surface area contributed by atoms with Crippen molar-refractivity contribution in [2.45, 2.75) is 11.8 Å². The van der Waals surface area contributed by atoms with Gasteiger partial charge in [0.2, 0.25) is 0 Å². The Morgan fingerprint density at radius 1 is 1.29 bits per heavy atom. The van der Waals surface area contributed by atoms with Crippen LogP contribution in [0, 0.1) is 6.92 Å². The summed E-state index contributed by atoms with van der Waals surface area (Å²) in [6.07, 6.45) is 4.52. The fraction of sp³-hybridized carbons (Fsp3) is 0.154. The number of hydrogen-bond donors (Lipinski definition) is 0. The minimum atomic E-state index is 0.0529. The van der Waals surface area contributed by atoms with E-state index in [9.17, 15) is 4.79 Å². The van der Waals surface area contributed by atoms with Gasteiger partial charge in [0.25, 0.3) is 0 Å². The van der Waals surface area contributed by atoms with E-state index < -0.39 is 0 Å². The molecule has 0 aliphatic heterocycles. The maximum absolute atomic E-state index is 11.8. The fourth-order valence-electron chi connectivity index (χ4n) is 1.38. The third-order valence-electron chi connectivity index (χ3n) is 2.24. The molecule has 0 saturated carbocycles. The highest BCUT2D eigenvalue weighted by molar-refractivity contribution is 8.00. The van der Waals surface area contributed by atoms with Crippen molar-refractivity contribution < 1.29 is 4.79 Å². The molecule has 2 rings (SSSR count). The zero-order valence-corrected chi connectivity index (χ0v) is 10.3. The predicted octanol–water partition coefficient (Wildman–Crippen LogP) is 2.76. The first-order valence-electron chi connectivity index (χ1n) is 5.23. The molecule has 1 heterocycles. The lowest BCUT2D eigenvalue weighted by Crippen LogP contribution is -2.03. The number of ketones is 1. The van der Waals surface area contributed by atoms with Gasteiger partial charge in [0.15, 0.2) is 5.78 Å². The first kappa shape index (κ1) is 11.8. The number of Topliss-reactive ketones (excluding diaryl/α,β-unsaturated/α-hetero) is 1. The molecule has 2 aromatic rings. The van der Waals surface area contributed by atoms with Crippen LogP contribution in [-0.4, -0.2) is 21.5 Å². The number of thioether (sulfide) groups is 1. The molecule has 86 valence electrons. The second-order valence-corrected chi connectivity index (χ2v) is 4.70. The molecule has 17 heavy (non-hydrogen) atoms. The van der Waals surface area contributed by atoms with Gasteiger partial charge in [-0.1, -0.05) is 17.7 Å². The highest BCUT2D eigenvalue weighted by Crippen LogP contribution is 2.19. The van der Waals surface area contributed by atoms with Gasteiger partial charge in [-0.05, 0) is 19.1 Å². The molecule has 0 aliphatic carbocycles. The summed E-state index contributed by atoms with van der Waals surface area (Å²) in [6.45, 7) is 2.04. The summed E-state index contributed by atoms with van der Waals surface area (Å²) < 4.78 is 0. The molecule has 0 saturated heterocycles. The Morgan fingerprint density at radius 2 is 2.06 bits per heavy atom. The summed E-state index contributed by atoms with van der Waals surface area (Å²) in [5, 5.41) is 0. The molecule has 3 nitrogen and oxygen atoms in total. The average Bonchev–Trinajstić information content (AvgIpc) is 2.37. The fourth-order valence-corrected chi connectivity index (χ4v) is 2.29. The van der Waals surface area contributed by atoms with Gasteiger partial charge in [0, 0.05) is 17.3 Å². The van der Waals surface area contributed by atoms with Gasteiger partial charge < -0.3 is 0 Å². The van der Waals surface area contributed by atoms with Crippen molar-refractivity contribution in [3.05, 3.63) is 54.1 Å². The Labute approximate surface area is 104 Å². The lowest BCUT2D eigenvalue weighted by atomic mass is 10.2. The van der Waals surface area contributed by atoms with Crippen LogP contribution in [0.15, 0.2) is 47.9 Å². The molecule has 1 aromatic carbocycles. The van der Waals surface area contributed by atoms with E-state index in [2.05, 4.69) is 16.0 Å². The second kappa shape index (κ2) is 5.59. The van der Waals surface area contributed by atoms with E-state index in [0.717, 1.165) is 4.90 Å². The van der Waals surface area contributed by atoms with Crippen LogP contribution in [0.25, 0.3) is 0 Å². The lowest BCUT2D eigenvalue weighted by molar-refractivity contribution is 0.102. The van der Waals surface area contributed by atoms with Gasteiger partial charge in [0.1, 0.15) is 6.33 Å². The monoisotopic (exact) mass is 244 g/mol. The van der Waals surface area contributed by atoms with Crippen molar-refractivity contribution in [3.8, 4) is 0 Å². The standard InChI is InChI=1S/C13H12N2OS/c1-10-3-2-4-12(5-10)17-8-13(16)11-6-14-9-15-7-11/h2-7,9H,8H2,1H3. The molecular formula is C13H12N2OS. The molecule has 1 aromatic heterocycles. The van der Waals surface area contributed by atoms with Crippen molar-refractivity contribution in [2.75, 3.05) is 5.75 Å². The van der Waals surface area contributed by atoms with Crippen molar-refractivity contribution in [1.82, 2.24) is 9.97 Å². The third kappa shape index (κ3) is 3.39. The molecule has 0 atom stereocenters. The van der Waals surface area contributed by atoms with Crippen LogP contribution < -0.4 is 0 Å². The topological polar surface area (TPSA) is 42.9 Å². The van der Waals surface area contributed by atoms with E-state index >= 15 is 0 Å². The number of aryl methyl sites for hydroxylation is 1. The van der Waals surface area contributed by atoms with Gasteiger partial charge in [-0.3, -0.25) is 4.79 Å². The Bertz CT molecular complexity index is 514. The van der Waals surface area contributed by atoms with Crippen LogP contribution in [0.5, 0.6) is 0 Å². The first-order chi connectivity index (χ1) is 8.25. The number of aromatic nitrogens is 2. The van der Waals surface area contributed by atoms with Crippen molar-refractivity contribution in [1.29, 1.82) is 0 Å². The van der Waals surface area contributed by atoms with Crippen LogP contribution in [-0.2, 0) is 0 Å². The van der Waals surface area contributed by atoms with Crippen molar-refractivity contribution >= 4 is 17.5 Å². The van der Waals surface area contributed by atoms with E-state index in [1.807, 2.05) is 25.1 Å². The van der Waals surface area contributed by atoms with E-state index in [1.54, 1.807) is 12.4 Å². The summed E-state index contributed by atoms with van der Waals surface area (Å²) in [7, 11) is 0. The Hall–Kier alpha value is -1.68. The summed E-state index contributed by atoms with van der Waals surface area (Å²) in [5.74, 6) is 0.466. The predicted molar refractivity (Wildman–Crippen MR) is 68.3 cm³/mol. The quantitative estimate of drug-likeness (QED) is 0.612. The molecule has 0 N–H and O–H groups in total. The lowest BCUT2D eigenvalue weighted by Gasteiger charge is -2.02. The zero-order valence-electron chi connectivity index (χ0n) is 9.46. The SMILES string of the molecule is Cc1cccc(SCC(=O)c2cncnc2)c1. The minimum absolute atomic E-state index is 0.0529. The third-order valence-corrected chi connectivity index (χ3v) is 3.24. The number of hydrogen-bond acceptors (Lipinski definition) is 4. The highest BCUT2D eigenvalue weighted by atomic mass is 32.2. The van der Waals surface area contributed by atoms with Gasteiger partial charge in [-0.15, -0.1) is 11.8 Å². The molecule has 0 fully saturated rings. The summed E-state index contributed by atoms with van der Waals surface area (Å²) in [5.41, 5.74) is 1.76. The first-order valence-corrected chi connectivity index (χ1v) is 6.22. The molecule has 0 amide bonds. The zero-order chi connectivity index (χ0) is 12.1. The number of carbonyl (C=O) groups excluding carboxylic acids is 1. The smallest absolute Gasteiger partial charge is 0.176 e. The van der Waals surface area contributed by atoms with Crippen LogP contribution in [0.4, 0.5) is 0 Å². The van der Waals surface area contributed by atoms with Gasteiger partial charge in [-0.25, -0.2) is 9.97 Å². The van der Waals surface area contributed by atoms with Gasteiger partial charge in [-0.2, -0.15) is 0 Å². The molecule has 0 radical (unpaired) electrons. The van der Waals surface area contributed by atoms with Crippen molar-refractivity contribution in [3.63, 3.8) is 0 Å². The van der Waals surface area contributed by atoms with Crippen LogP contribution in [0.2, 0.25) is 0 Å². The number of carbonyl (C=O) groups is 1. The maximum atomic E-state index is 11.8. The Balaban J connectivity index is 1.97. The molecule has 0 spiro atoms. The van der Waals surface area contributed by atoms with E-state index in [4.69, 9.17) is 0 Å². The molecule has 0 unspecified atom stereocenters. The van der Waals surface area contributed by atoms with Gasteiger partial charge in [0.05, 0.1) is 11.3 Å². The van der Waals surface area contributed by atoms with Crippen LogP contribution in [0.1, 0.15) is 15.9 Å². The second-order valence-electron chi connectivity index (χ2n) is 3.66. The average molecular weight is 244 g/mol. The summed E-state index contributed by atoms with van der Waals surface area (Å²) in [4.78, 5) is 20.6. The largest absolute Gasteiger partial charge is 0.293 e. The van der Waals surface area contributed by atoms with Crippen LogP contribution >= 0.6 is 11.8 Å². The van der Waals surface area contributed by atoms with Gasteiger partial charge >= 0.3 is 0 Å². The highest BCUT2D eigenvalue weighted by Gasteiger charge is 2.06.